The second-order valence-corrected chi connectivity index (χ2v) is 9.47. The van der Waals surface area contributed by atoms with Crippen LogP contribution in [-0.4, -0.2) is 15.0 Å². The molecule has 3 N–H and O–H groups in total. The van der Waals surface area contributed by atoms with E-state index in [0.29, 0.717) is 0 Å². The van der Waals surface area contributed by atoms with Crippen molar-refractivity contribution in [2.75, 3.05) is 0 Å². The second kappa shape index (κ2) is 13.9. The summed E-state index contributed by atoms with van der Waals surface area (Å²) in [4.78, 5) is 10.0. The number of aromatic nitrogens is 3. The summed E-state index contributed by atoms with van der Waals surface area (Å²) in [7, 11) is 0. The summed E-state index contributed by atoms with van der Waals surface area (Å²) < 4.78 is 0. The zero-order chi connectivity index (χ0) is 26.0. The van der Waals surface area contributed by atoms with Gasteiger partial charge in [-0.2, -0.15) is 48.5 Å². The van der Waals surface area contributed by atoms with Crippen molar-refractivity contribution in [2.45, 2.75) is 0 Å². The Bertz CT molecular complexity index is 1810. The molecule has 0 aliphatic carbocycles. The maximum atomic E-state index is 3.38. The molecule has 0 spiro atoms. The summed E-state index contributed by atoms with van der Waals surface area (Å²) in [5, 5.41) is 7.65. The molecule has 0 aliphatic heterocycles. The van der Waals surface area contributed by atoms with Gasteiger partial charge in [-0.3, -0.25) is 0 Å². The van der Waals surface area contributed by atoms with Gasteiger partial charge in [0.25, 0.3) is 0 Å². The minimum atomic E-state index is 0. The van der Waals surface area contributed by atoms with E-state index in [9.17, 15) is 0 Å². The number of halogens is 2. The number of benzene rings is 6. The molecule has 0 bridgehead atoms. The van der Waals surface area contributed by atoms with Gasteiger partial charge in [-0.25, -0.2) is 0 Å². The molecule has 6 aromatic carbocycles. The van der Waals surface area contributed by atoms with Gasteiger partial charge in [-0.05, 0) is 35.0 Å². The first-order valence-corrected chi connectivity index (χ1v) is 13.0. The molecule has 0 saturated carbocycles. The van der Waals surface area contributed by atoms with Crippen molar-refractivity contribution < 1.29 is 51.0 Å². The molecule has 3 aromatic heterocycles. The molecule has 3 nitrogen and oxygen atoms in total. The number of fused-ring (bicyclic) bond motifs is 9. The molecule has 0 radical (unpaired) electrons. The molecule has 0 fully saturated rings. The molecule has 42 heavy (non-hydrogen) atoms. The van der Waals surface area contributed by atoms with E-state index in [-0.39, 0.29) is 51.0 Å². The minimum absolute atomic E-state index is 0. The largest absolute Gasteiger partial charge is 4.00 e. The van der Waals surface area contributed by atoms with Crippen molar-refractivity contribution in [1.82, 2.24) is 15.0 Å². The molecule has 0 saturated heterocycles. The fourth-order valence-electron chi connectivity index (χ4n) is 5.25. The van der Waals surface area contributed by atoms with Crippen molar-refractivity contribution >= 4 is 65.4 Å². The predicted molar refractivity (Wildman–Crippen MR) is 165 cm³/mol. The molecule has 9 aromatic rings. The molecule has 0 amide bonds. The Kier molecular flexibility index (Phi) is 10.3. The van der Waals surface area contributed by atoms with Crippen LogP contribution < -0.4 is 24.8 Å². The van der Waals surface area contributed by atoms with Crippen molar-refractivity contribution in [2.24, 2.45) is 0 Å². The third-order valence-electron chi connectivity index (χ3n) is 7.08. The van der Waals surface area contributed by atoms with E-state index >= 15 is 0 Å². The van der Waals surface area contributed by atoms with Crippen LogP contribution in [0.15, 0.2) is 133 Å². The summed E-state index contributed by atoms with van der Waals surface area (Å²) in [6.45, 7) is 0. The fourth-order valence-corrected chi connectivity index (χ4v) is 5.25. The molecular weight excluding hydrogens is 637 g/mol. The molecule has 6 heteroatoms. The Balaban J connectivity index is 0.000000140. The van der Waals surface area contributed by atoms with Crippen LogP contribution in [0.1, 0.15) is 0 Å². The van der Waals surface area contributed by atoms with Gasteiger partial charge in [0.2, 0.25) is 0 Å². The van der Waals surface area contributed by atoms with Crippen molar-refractivity contribution in [3.63, 3.8) is 0 Å². The van der Waals surface area contributed by atoms with Gasteiger partial charge in [0.15, 0.2) is 0 Å². The van der Waals surface area contributed by atoms with Gasteiger partial charge in [-0.1, -0.05) is 83.8 Å². The summed E-state index contributed by atoms with van der Waals surface area (Å²) in [6, 6.07) is 51.9. The SMILES string of the molecule is [Cl-].[Cl-].[Zr+4].[c-]1cccc2c1[nH]c1ccccc12.[c-]1cccc2c1[nH]c1ccccc12.c1ccc2c(c1)[nH]c1ccccc12. The minimum Gasteiger partial charge on any atom is -1.00 e. The van der Waals surface area contributed by atoms with Gasteiger partial charge >= 0.3 is 26.2 Å². The maximum absolute atomic E-state index is 3.38. The van der Waals surface area contributed by atoms with Crippen LogP contribution in [0.5, 0.6) is 0 Å². The number of para-hydroxylation sites is 6. The molecular formula is C36H25Cl2N3Zr. The quantitative estimate of drug-likeness (QED) is 0.209. The average Bonchev–Trinajstić information content (AvgIpc) is 3.69. The van der Waals surface area contributed by atoms with Crippen LogP contribution >= 0.6 is 0 Å². The second-order valence-electron chi connectivity index (χ2n) is 9.47. The zero-order valence-corrected chi connectivity index (χ0v) is 26.4. The molecule has 202 valence electrons. The summed E-state index contributed by atoms with van der Waals surface area (Å²) in [6.07, 6.45) is 0. The Hall–Kier alpha value is -3.82. The monoisotopic (exact) mass is 659 g/mol. The average molecular weight is 662 g/mol. The third kappa shape index (κ3) is 6.03. The van der Waals surface area contributed by atoms with E-state index in [4.69, 9.17) is 0 Å². The smallest absolute Gasteiger partial charge is 1.00 e. The molecule has 9 rings (SSSR count). The molecule has 0 aliphatic rings. The Morgan fingerprint density at radius 3 is 1.00 bits per heavy atom. The Morgan fingerprint density at radius 1 is 0.333 bits per heavy atom. The van der Waals surface area contributed by atoms with Crippen LogP contribution in [0.3, 0.4) is 0 Å². The molecule has 0 atom stereocenters. The van der Waals surface area contributed by atoms with E-state index in [2.05, 4.69) is 124 Å². The normalized spacial score (nSPS) is 10.3. The Labute approximate surface area is 275 Å². The van der Waals surface area contributed by atoms with Gasteiger partial charge in [0, 0.05) is 32.8 Å². The first kappa shape index (κ1) is 31.1. The fraction of sp³-hybridized carbons (Fsp3) is 0. The summed E-state index contributed by atoms with van der Waals surface area (Å²) in [5.41, 5.74) is 6.96. The van der Waals surface area contributed by atoms with Crippen molar-refractivity contribution in [1.29, 1.82) is 0 Å². The van der Waals surface area contributed by atoms with Crippen LogP contribution in [0.25, 0.3) is 65.4 Å². The van der Waals surface area contributed by atoms with E-state index < -0.39 is 0 Å². The Morgan fingerprint density at radius 2 is 0.619 bits per heavy atom. The van der Waals surface area contributed by atoms with Crippen LogP contribution in [0.2, 0.25) is 0 Å². The number of hydrogen-bond acceptors (Lipinski definition) is 0. The molecule has 3 heterocycles. The number of nitrogens with one attached hydrogen (secondary N) is 3. The van der Waals surface area contributed by atoms with Crippen LogP contribution in [0.4, 0.5) is 0 Å². The van der Waals surface area contributed by atoms with Gasteiger partial charge in [0.1, 0.15) is 0 Å². The number of H-pyrrole nitrogens is 3. The van der Waals surface area contributed by atoms with Crippen molar-refractivity contribution in [3.05, 3.63) is 146 Å². The summed E-state index contributed by atoms with van der Waals surface area (Å²) >= 11 is 0. The first-order valence-electron chi connectivity index (χ1n) is 13.0. The maximum Gasteiger partial charge on any atom is 4.00 e. The van der Waals surface area contributed by atoms with Crippen LogP contribution in [-0.2, 0) is 26.2 Å². The molecule has 0 unspecified atom stereocenters. The van der Waals surface area contributed by atoms with Gasteiger partial charge in [-0.15, -0.1) is 10.8 Å². The predicted octanol–water partition coefficient (Wildman–Crippen LogP) is 3.57. The van der Waals surface area contributed by atoms with Crippen LogP contribution in [0, 0.1) is 12.1 Å². The number of rotatable bonds is 0. The number of hydrogen-bond donors (Lipinski definition) is 3. The van der Waals surface area contributed by atoms with E-state index in [1.165, 1.54) is 54.4 Å². The summed E-state index contributed by atoms with van der Waals surface area (Å²) in [5.74, 6) is 0. The van der Waals surface area contributed by atoms with Crippen molar-refractivity contribution in [3.8, 4) is 0 Å². The van der Waals surface area contributed by atoms with E-state index in [1.807, 2.05) is 36.4 Å². The standard InChI is InChI=1S/C12H9N.2C12H8N.2ClH.Zr/c3*1-3-7-11-9(5-1)10-6-2-4-8-12(10)13-11;;;/h1-8,13H;2*1-7,13H;2*1H;/q;2*-1;;;+4/p-2. The van der Waals surface area contributed by atoms with Gasteiger partial charge < -0.3 is 39.8 Å². The number of aromatic amines is 3. The first-order chi connectivity index (χ1) is 19.3. The van der Waals surface area contributed by atoms with E-state index in [1.54, 1.807) is 0 Å². The van der Waals surface area contributed by atoms with Gasteiger partial charge in [0.05, 0.1) is 0 Å². The van der Waals surface area contributed by atoms with E-state index in [0.717, 1.165) is 11.0 Å². The zero-order valence-electron chi connectivity index (χ0n) is 22.5. The topological polar surface area (TPSA) is 47.4 Å². The third-order valence-corrected chi connectivity index (χ3v) is 7.08.